The third-order valence-corrected chi connectivity index (χ3v) is 5.92. The number of carbonyl (C=O) groups excluding carboxylic acids is 1. The largest absolute Gasteiger partial charge is 0.459 e. The number of carbonyl (C=O) groups is 1. The van der Waals surface area contributed by atoms with Gasteiger partial charge >= 0.3 is 0 Å². The van der Waals surface area contributed by atoms with Gasteiger partial charge in [0.15, 0.2) is 5.76 Å². The molecular formula is C26H26ClN3O3. The van der Waals surface area contributed by atoms with E-state index in [2.05, 4.69) is 13.8 Å². The lowest BCUT2D eigenvalue weighted by Gasteiger charge is -2.30. The monoisotopic (exact) mass is 463 g/mol. The summed E-state index contributed by atoms with van der Waals surface area (Å²) in [5.41, 5.74) is 1.03. The minimum atomic E-state index is -0.491. The van der Waals surface area contributed by atoms with E-state index in [-0.39, 0.29) is 17.2 Å². The van der Waals surface area contributed by atoms with Crippen LogP contribution in [0.2, 0.25) is 5.02 Å². The Morgan fingerprint density at radius 2 is 1.79 bits per heavy atom. The highest BCUT2D eigenvalue weighted by Gasteiger charge is 2.29. The number of hydrogen-bond donors (Lipinski definition) is 0. The molecule has 0 aliphatic carbocycles. The summed E-state index contributed by atoms with van der Waals surface area (Å²) < 4.78 is 6.97. The van der Waals surface area contributed by atoms with Crippen LogP contribution in [0.3, 0.4) is 0 Å². The maximum absolute atomic E-state index is 13.6. The Bertz CT molecular complexity index is 1310. The van der Waals surface area contributed by atoms with E-state index < -0.39 is 6.04 Å². The average molecular weight is 464 g/mol. The minimum Gasteiger partial charge on any atom is -0.459 e. The standard InChI is InChI=1S/C26H26ClN3O3/c1-17(2)14-15-29(26(32)23-9-6-16-33-23)18(3)24-28-22-8-5-4-7-21(22)25(31)30(24)20-12-10-19(27)11-13-20/h4-13,16-18H,14-15H2,1-3H3. The quantitative estimate of drug-likeness (QED) is 0.343. The van der Waals surface area contributed by atoms with Crippen LogP contribution in [0, 0.1) is 5.92 Å². The van der Waals surface area contributed by atoms with Gasteiger partial charge in [0.05, 0.1) is 28.9 Å². The van der Waals surface area contributed by atoms with E-state index in [1.54, 1.807) is 51.9 Å². The predicted octanol–water partition coefficient (Wildman–Crippen LogP) is 5.88. The number of hydrogen-bond acceptors (Lipinski definition) is 4. The van der Waals surface area contributed by atoms with Crippen molar-refractivity contribution in [1.29, 1.82) is 0 Å². The number of fused-ring (bicyclic) bond motifs is 1. The molecule has 0 bridgehead atoms. The van der Waals surface area contributed by atoms with Gasteiger partial charge in [-0.25, -0.2) is 4.98 Å². The van der Waals surface area contributed by atoms with Crippen molar-refractivity contribution < 1.29 is 9.21 Å². The lowest BCUT2D eigenvalue weighted by molar-refractivity contribution is 0.0638. The van der Waals surface area contributed by atoms with Gasteiger partial charge in [0.25, 0.3) is 11.5 Å². The van der Waals surface area contributed by atoms with Gasteiger partial charge < -0.3 is 9.32 Å². The van der Waals surface area contributed by atoms with Gasteiger partial charge in [-0.3, -0.25) is 14.2 Å². The van der Waals surface area contributed by atoms with E-state index in [1.807, 2.05) is 25.1 Å². The predicted molar refractivity (Wildman–Crippen MR) is 130 cm³/mol. The molecule has 0 N–H and O–H groups in total. The van der Waals surface area contributed by atoms with Crippen LogP contribution in [-0.4, -0.2) is 26.9 Å². The Morgan fingerprint density at radius 3 is 2.45 bits per heavy atom. The number of aromatic nitrogens is 2. The number of furan rings is 1. The molecule has 170 valence electrons. The van der Waals surface area contributed by atoms with Crippen LogP contribution >= 0.6 is 11.6 Å². The first kappa shape index (κ1) is 22.8. The first-order valence-corrected chi connectivity index (χ1v) is 11.4. The topological polar surface area (TPSA) is 68.3 Å². The molecule has 1 amide bonds. The number of amides is 1. The minimum absolute atomic E-state index is 0.195. The zero-order valence-corrected chi connectivity index (χ0v) is 19.6. The summed E-state index contributed by atoms with van der Waals surface area (Å²) >= 11 is 6.09. The van der Waals surface area contributed by atoms with E-state index in [4.69, 9.17) is 21.0 Å². The first-order valence-electron chi connectivity index (χ1n) is 11.0. The van der Waals surface area contributed by atoms with Gasteiger partial charge in [-0.2, -0.15) is 0 Å². The van der Waals surface area contributed by atoms with Crippen LogP contribution in [0.5, 0.6) is 0 Å². The summed E-state index contributed by atoms with van der Waals surface area (Å²) in [4.78, 5) is 33.5. The molecule has 1 unspecified atom stereocenters. The molecule has 0 aliphatic heterocycles. The van der Waals surface area contributed by atoms with Crippen molar-refractivity contribution in [3.05, 3.63) is 93.9 Å². The Kier molecular flexibility index (Phi) is 6.65. The molecule has 6 nitrogen and oxygen atoms in total. The zero-order chi connectivity index (χ0) is 23.5. The second kappa shape index (κ2) is 9.63. The smallest absolute Gasteiger partial charge is 0.290 e. The molecule has 7 heteroatoms. The fraction of sp³-hybridized carbons (Fsp3) is 0.269. The molecule has 2 heterocycles. The molecule has 2 aromatic heterocycles. The van der Waals surface area contributed by atoms with Gasteiger partial charge in [0.2, 0.25) is 0 Å². The average Bonchev–Trinajstić information content (AvgIpc) is 3.34. The normalized spacial score (nSPS) is 12.3. The molecule has 0 spiro atoms. The molecule has 2 aromatic carbocycles. The van der Waals surface area contributed by atoms with Crippen LogP contribution in [0.15, 0.2) is 76.1 Å². The molecule has 0 fully saturated rings. The summed E-state index contributed by atoms with van der Waals surface area (Å²) in [5.74, 6) is 0.891. The maximum atomic E-state index is 13.6. The Balaban J connectivity index is 1.89. The molecule has 4 aromatic rings. The molecule has 0 saturated heterocycles. The highest BCUT2D eigenvalue weighted by atomic mass is 35.5. The lowest BCUT2D eigenvalue weighted by atomic mass is 10.1. The summed E-state index contributed by atoms with van der Waals surface area (Å²) in [6.07, 6.45) is 2.28. The van der Waals surface area contributed by atoms with Gasteiger partial charge in [0.1, 0.15) is 5.82 Å². The van der Waals surface area contributed by atoms with Crippen LogP contribution in [0.25, 0.3) is 16.6 Å². The SMILES string of the molecule is CC(C)CCN(C(=O)c1ccco1)C(C)c1nc2ccccc2c(=O)n1-c1ccc(Cl)cc1. The van der Waals surface area contributed by atoms with Gasteiger partial charge in [0, 0.05) is 11.6 Å². The number of rotatable bonds is 7. The lowest BCUT2D eigenvalue weighted by Crippen LogP contribution is -2.38. The van der Waals surface area contributed by atoms with Crippen molar-refractivity contribution in [2.24, 2.45) is 5.92 Å². The Hall–Kier alpha value is -3.38. The van der Waals surface area contributed by atoms with E-state index in [0.29, 0.717) is 39.9 Å². The van der Waals surface area contributed by atoms with E-state index in [1.165, 1.54) is 6.26 Å². The van der Waals surface area contributed by atoms with Crippen molar-refractivity contribution in [3.8, 4) is 5.69 Å². The first-order chi connectivity index (χ1) is 15.9. The van der Waals surface area contributed by atoms with Crippen LogP contribution in [0.1, 0.15) is 49.6 Å². The fourth-order valence-corrected chi connectivity index (χ4v) is 3.95. The molecule has 33 heavy (non-hydrogen) atoms. The van der Waals surface area contributed by atoms with E-state index in [0.717, 1.165) is 6.42 Å². The summed E-state index contributed by atoms with van der Waals surface area (Å²) in [6, 6.07) is 17.1. The van der Waals surface area contributed by atoms with E-state index in [9.17, 15) is 9.59 Å². The van der Waals surface area contributed by atoms with E-state index >= 15 is 0 Å². The third-order valence-electron chi connectivity index (χ3n) is 5.67. The Labute approximate surface area is 197 Å². The maximum Gasteiger partial charge on any atom is 0.290 e. The molecule has 0 aliphatic rings. The molecule has 0 saturated carbocycles. The van der Waals surface area contributed by atoms with Gasteiger partial charge in [-0.1, -0.05) is 37.6 Å². The number of benzene rings is 2. The molecule has 1 atom stereocenters. The van der Waals surface area contributed by atoms with Gasteiger partial charge in [-0.15, -0.1) is 0 Å². The van der Waals surface area contributed by atoms with Crippen molar-refractivity contribution in [3.63, 3.8) is 0 Å². The second-order valence-electron chi connectivity index (χ2n) is 8.44. The van der Waals surface area contributed by atoms with Crippen molar-refractivity contribution in [2.75, 3.05) is 6.54 Å². The summed E-state index contributed by atoms with van der Waals surface area (Å²) in [5, 5.41) is 1.08. The van der Waals surface area contributed by atoms with Crippen LogP contribution in [-0.2, 0) is 0 Å². The van der Waals surface area contributed by atoms with Crippen LogP contribution in [0.4, 0.5) is 0 Å². The molecule has 4 rings (SSSR count). The van der Waals surface area contributed by atoms with Gasteiger partial charge in [-0.05, 0) is 67.8 Å². The Morgan fingerprint density at radius 1 is 1.06 bits per heavy atom. The molecular weight excluding hydrogens is 438 g/mol. The van der Waals surface area contributed by atoms with Crippen molar-refractivity contribution >= 4 is 28.4 Å². The summed E-state index contributed by atoms with van der Waals surface area (Å²) in [7, 11) is 0. The highest BCUT2D eigenvalue weighted by Crippen LogP contribution is 2.26. The number of para-hydroxylation sites is 1. The van der Waals surface area contributed by atoms with Crippen molar-refractivity contribution in [1.82, 2.24) is 14.5 Å². The second-order valence-corrected chi connectivity index (χ2v) is 8.87. The van der Waals surface area contributed by atoms with Crippen LogP contribution < -0.4 is 5.56 Å². The summed E-state index contributed by atoms with van der Waals surface area (Å²) in [6.45, 7) is 6.61. The number of halogens is 1. The third kappa shape index (κ3) is 4.71. The zero-order valence-electron chi connectivity index (χ0n) is 18.9. The van der Waals surface area contributed by atoms with Crippen molar-refractivity contribution in [2.45, 2.75) is 33.2 Å². The number of nitrogens with zero attached hydrogens (tertiary/aromatic N) is 3. The molecule has 0 radical (unpaired) electrons. The fourth-order valence-electron chi connectivity index (χ4n) is 3.82. The highest BCUT2D eigenvalue weighted by molar-refractivity contribution is 6.30.